The fourth-order valence-electron chi connectivity index (χ4n) is 0.771. The van der Waals surface area contributed by atoms with E-state index in [-0.39, 0.29) is 17.9 Å². The molecule has 1 heterocycles. The second-order valence-electron chi connectivity index (χ2n) is 2.03. The molecule has 0 saturated heterocycles. The maximum absolute atomic E-state index is 10.8. The summed E-state index contributed by atoms with van der Waals surface area (Å²) in [5.41, 5.74) is 3.28. The Balaban J connectivity index is 3.55. The zero-order valence-electron chi connectivity index (χ0n) is 5.96. The molecule has 0 atom stereocenters. The number of H-pyrrole nitrogens is 2. The summed E-state index contributed by atoms with van der Waals surface area (Å²) >= 11 is 0. The van der Waals surface area contributed by atoms with Crippen molar-refractivity contribution >= 4 is 5.69 Å². The van der Waals surface area contributed by atoms with Crippen molar-refractivity contribution in [1.82, 2.24) is 9.97 Å². The summed E-state index contributed by atoms with van der Waals surface area (Å²) in [5.74, 6) is 0. The average molecular weight is 170 g/mol. The predicted octanol–water partition coefficient (Wildman–Crippen LogP) is -1.08. The highest BCUT2D eigenvalue weighted by molar-refractivity contribution is 5.38. The third kappa shape index (κ3) is 1.30. The normalized spacial score (nSPS) is 9.75. The Labute approximate surface area is 65.6 Å². The number of hydrogen-bond acceptors (Lipinski definition) is 5. The van der Waals surface area contributed by atoms with Crippen molar-refractivity contribution in [2.24, 2.45) is 10.9 Å². The summed E-state index contributed by atoms with van der Waals surface area (Å²) < 4.78 is 0. The van der Waals surface area contributed by atoms with Crippen molar-refractivity contribution in [3.63, 3.8) is 0 Å². The lowest BCUT2D eigenvalue weighted by molar-refractivity contribution is 0.912. The molecule has 1 aromatic rings. The molecule has 1 aromatic heterocycles. The molecule has 0 amide bonds. The monoisotopic (exact) mass is 170 g/mol. The van der Waals surface area contributed by atoms with Gasteiger partial charge in [0.25, 0.3) is 5.56 Å². The molecular weight excluding hydrogens is 164 g/mol. The fourth-order valence-corrected chi connectivity index (χ4v) is 0.771. The lowest BCUT2D eigenvalue weighted by Gasteiger charge is -1.95. The average Bonchev–Trinajstić information content (AvgIpc) is 2.03. The first-order chi connectivity index (χ1) is 5.69. The molecule has 7 heteroatoms. The molecular formula is C5H6N4O3. The number of nitroso groups, excluding NO2 is 1. The van der Waals surface area contributed by atoms with Crippen LogP contribution in [0.2, 0.25) is 0 Å². The van der Waals surface area contributed by atoms with Crippen LogP contribution in [-0.2, 0) is 6.54 Å². The van der Waals surface area contributed by atoms with E-state index in [0.717, 1.165) is 0 Å². The standard InChI is InChI=1S/C5H6N4O3/c6-1-2-3(9-12)4(10)8-5(11)7-2/h1,6H2,(H2,7,8,10,11). The van der Waals surface area contributed by atoms with Crippen LogP contribution in [-0.4, -0.2) is 9.97 Å². The predicted molar refractivity (Wildman–Crippen MR) is 41.0 cm³/mol. The van der Waals surface area contributed by atoms with Gasteiger partial charge >= 0.3 is 5.69 Å². The van der Waals surface area contributed by atoms with E-state index in [9.17, 15) is 14.5 Å². The van der Waals surface area contributed by atoms with Crippen LogP contribution in [0.15, 0.2) is 14.8 Å². The van der Waals surface area contributed by atoms with Gasteiger partial charge in [-0.05, 0) is 5.18 Å². The van der Waals surface area contributed by atoms with Crippen LogP contribution < -0.4 is 17.0 Å². The van der Waals surface area contributed by atoms with E-state index >= 15 is 0 Å². The van der Waals surface area contributed by atoms with Crippen LogP contribution in [0.4, 0.5) is 5.69 Å². The van der Waals surface area contributed by atoms with Gasteiger partial charge in [0, 0.05) is 6.54 Å². The Hall–Kier alpha value is -1.76. The van der Waals surface area contributed by atoms with E-state index in [2.05, 4.69) is 10.2 Å². The zero-order chi connectivity index (χ0) is 9.14. The molecule has 7 nitrogen and oxygen atoms in total. The number of hydrogen-bond donors (Lipinski definition) is 3. The van der Waals surface area contributed by atoms with Gasteiger partial charge in [-0.25, -0.2) is 4.79 Å². The van der Waals surface area contributed by atoms with Gasteiger partial charge in [0.15, 0.2) is 5.69 Å². The first kappa shape index (κ1) is 8.34. The molecule has 0 unspecified atom stereocenters. The first-order valence-electron chi connectivity index (χ1n) is 3.08. The Bertz CT molecular complexity index is 404. The SMILES string of the molecule is NCc1[nH]c(=O)[nH]c(=O)c1N=O. The molecule has 0 aliphatic heterocycles. The quantitative estimate of drug-likeness (QED) is 0.488. The van der Waals surface area contributed by atoms with Crippen LogP contribution in [0.1, 0.15) is 5.69 Å². The maximum Gasteiger partial charge on any atom is 0.326 e. The summed E-state index contributed by atoms with van der Waals surface area (Å²) in [4.78, 5) is 35.6. The van der Waals surface area contributed by atoms with Crippen molar-refractivity contribution in [2.45, 2.75) is 6.54 Å². The van der Waals surface area contributed by atoms with E-state index < -0.39 is 11.2 Å². The van der Waals surface area contributed by atoms with E-state index in [1.54, 1.807) is 0 Å². The number of aromatic nitrogens is 2. The minimum Gasteiger partial charge on any atom is -0.325 e. The van der Waals surface area contributed by atoms with E-state index in [0.29, 0.717) is 0 Å². The van der Waals surface area contributed by atoms with Gasteiger partial charge in [-0.1, -0.05) is 0 Å². The molecule has 0 bridgehead atoms. The molecule has 1 rings (SSSR count). The molecule has 0 saturated carbocycles. The third-order valence-electron chi connectivity index (χ3n) is 1.29. The minimum atomic E-state index is -0.825. The van der Waals surface area contributed by atoms with Gasteiger partial charge in [0.1, 0.15) is 0 Å². The summed E-state index contributed by atoms with van der Waals surface area (Å²) in [5, 5.41) is 2.44. The Morgan fingerprint density at radius 3 is 2.50 bits per heavy atom. The third-order valence-corrected chi connectivity index (χ3v) is 1.29. The van der Waals surface area contributed by atoms with Crippen LogP contribution >= 0.6 is 0 Å². The van der Waals surface area contributed by atoms with Crippen LogP contribution in [0, 0.1) is 4.91 Å². The number of nitrogens with zero attached hydrogens (tertiary/aromatic N) is 1. The lowest BCUT2D eigenvalue weighted by Crippen LogP contribution is -2.24. The molecule has 0 aromatic carbocycles. The zero-order valence-corrected chi connectivity index (χ0v) is 5.96. The van der Waals surface area contributed by atoms with Crippen LogP contribution in [0.3, 0.4) is 0 Å². The number of aromatic amines is 2. The smallest absolute Gasteiger partial charge is 0.325 e. The molecule has 0 fully saturated rings. The molecule has 12 heavy (non-hydrogen) atoms. The van der Waals surface area contributed by atoms with E-state index in [4.69, 9.17) is 5.73 Å². The molecule has 0 spiro atoms. The van der Waals surface area contributed by atoms with Gasteiger partial charge in [-0.3, -0.25) is 9.78 Å². The second-order valence-corrected chi connectivity index (χ2v) is 2.03. The van der Waals surface area contributed by atoms with Crippen LogP contribution in [0.25, 0.3) is 0 Å². The Morgan fingerprint density at radius 1 is 1.33 bits per heavy atom. The van der Waals surface area contributed by atoms with E-state index in [1.165, 1.54) is 0 Å². The van der Waals surface area contributed by atoms with Gasteiger partial charge in [-0.15, -0.1) is 4.91 Å². The van der Waals surface area contributed by atoms with Crippen molar-refractivity contribution in [1.29, 1.82) is 0 Å². The van der Waals surface area contributed by atoms with Crippen molar-refractivity contribution in [3.8, 4) is 0 Å². The number of nitrogens with two attached hydrogens (primary N) is 1. The number of rotatable bonds is 2. The van der Waals surface area contributed by atoms with Crippen molar-refractivity contribution in [2.75, 3.05) is 0 Å². The topological polar surface area (TPSA) is 121 Å². The minimum absolute atomic E-state index is 0.0405. The Kier molecular flexibility index (Phi) is 2.15. The highest BCUT2D eigenvalue weighted by Gasteiger charge is 2.07. The summed E-state index contributed by atoms with van der Waals surface area (Å²) in [6.45, 7) is -0.111. The van der Waals surface area contributed by atoms with Gasteiger partial charge in [-0.2, -0.15) is 0 Å². The largest absolute Gasteiger partial charge is 0.326 e. The summed E-state index contributed by atoms with van der Waals surface area (Å²) in [7, 11) is 0. The fraction of sp³-hybridized carbons (Fsp3) is 0.200. The lowest BCUT2D eigenvalue weighted by atomic mass is 10.3. The van der Waals surface area contributed by atoms with E-state index in [1.807, 2.05) is 4.98 Å². The molecule has 0 aliphatic rings. The van der Waals surface area contributed by atoms with Crippen LogP contribution in [0.5, 0.6) is 0 Å². The first-order valence-corrected chi connectivity index (χ1v) is 3.08. The van der Waals surface area contributed by atoms with Crippen molar-refractivity contribution in [3.05, 3.63) is 31.4 Å². The molecule has 64 valence electrons. The molecule has 4 N–H and O–H groups in total. The van der Waals surface area contributed by atoms with Gasteiger partial charge in [0.2, 0.25) is 0 Å². The summed E-state index contributed by atoms with van der Waals surface area (Å²) in [6, 6.07) is 0. The number of nitrogens with one attached hydrogen (secondary N) is 2. The van der Waals surface area contributed by atoms with Gasteiger partial charge < -0.3 is 10.7 Å². The Morgan fingerprint density at radius 2 is 2.00 bits per heavy atom. The second kappa shape index (κ2) is 3.09. The molecule has 0 aliphatic carbocycles. The van der Waals surface area contributed by atoms with Crippen molar-refractivity contribution < 1.29 is 0 Å². The molecule has 0 radical (unpaired) electrons. The van der Waals surface area contributed by atoms with Gasteiger partial charge in [0.05, 0.1) is 5.69 Å². The highest BCUT2D eigenvalue weighted by atomic mass is 16.3. The maximum atomic E-state index is 10.8. The highest BCUT2D eigenvalue weighted by Crippen LogP contribution is 2.05. The summed E-state index contributed by atoms with van der Waals surface area (Å²) in [6.07, 6.45) is 0.